The van der Waals surface area contributed by atoms with Crippen LogP contribution in [0.2, 0.25) is 5.02 Å². The molecule has 0 spiro atoms. The first-order chi connectivity index (χ1) is 9.11. The van der Waals surface area contributed by atoms with Crippen LogP contribution in [0.15, 0.2) is 42.5 Å². The van der Waals surface area contributed by atoms with Gasteiger partial charge in [-0.25, -0.2) is 4.39 Å². The predicted molar refractivity (Wildman–Crippen MR) is 86.1 cm³/mol. The third-order valence-electron chi connectivity index (χ3n) is 3.06. The molecule has 0 aliphatic rings. The molecule has 0 fully saturated rings. The molecule has 2 aromatic carbocycles. The van der Waals surface area contributed by atoms with E-state index in [1.54, 1.807) is 6.07 Å². The molecule has 0 aromatic heterocycles. The van der Waals surface area contributed by atoms with Crippen molar-refractivity contribution in [2.75, 3.05) is 7.05 Å². The fourth-order valence-corrected chi connectivity index (χ4v) is 3.00. The second-order valence-electron chi connectivity index (χ2n) is 4.30. The molecule has 0 bridgehead atoms. The van der Waals surface area contributed by atoms with Crippen molar-refractivity contribution in [2.24, 2.45) is 0 Å². The quantitative estimate of drug-likeness (QED) is 0.754. The average molecular weight is 390 g/mol. The van der Waals surface area contributed by atoms with Gasteiger partial charge < -0.3 is 5.32 Å². The van der Waals surface area contributed by atoms with Crippen LogP contribution in [-0.4, -0.2) is 7.05 Å². The predicted octanol–water partition coefficient (Wildman–Crippen LogP) is 4.59. The summed E-state index contributed by atoms with van der Waals surface area (Å²) in [6.45, 7) is 0. The molecule has 1 atom stereocenters. The van der Waals surface area contributed by atoms with Crippen molar-refractivity contribution in [3.05, 3.63) is 68.0 Å². The topological polar surface area (TPSA) is 12.0 Å². The highest BCUT2D eigenvalue weighted by atomic mass is 127. The molecule has 100 valence electrons. The fraction of sp³-hybridized carbons (Fsp3) is 0.200. The van der Waals surface area contributed by atoms with E-state index in [1.165, 1.54) is 21.3 Å². The Kier molecular flexibility index (Phi) is 5.19. The Labute approximate surface area is 131 Å². The van der Waals surface area contributed by atoms with E-state index in [2.05, 4.69) is 40.0 Å². The summed E-state index contributed by atoms with van der Waals surface area (Å²) in [5.41, 5.74) is 2.02. The highest BCUT2D eigenvalue weighted by Crippen LogP contribution is 2.26. The van der Waals surface area contributed by atoms with E-state index < -0.39 is 0 Å². The van der Waals surface area contributed by atoms with Crippen molar-refractivity contribution in [1.29, 1.82) is 0 Å². The molecule has 0 radical (unpaired) electrons. The number of hydrogen-bond donors (Lipinski definition) is 1. The van der Waals surface area contributed by atoms with Gasteiger partial charge in [0.15, 0.2) is 0 Å². The Morgan fingerprint density at radius 1 is 1.26 bits per heavy atom. The monoisotopic (exact) mass is 389 g/mol. The number of likely N-dealkylation sites (N-methyl/N-ethyl adjacent to an activating group) is 1. The summed E-state index contributed by atoms with van der Waals surface area (Å²) < 4.78 is 14.5. The average Bonchev–Trinajstić information content (AvgIpc) is 2.41. The summed E-state index contributed by atoms with van der Waals surface area (Å²) in [5, 5.41) is 3.87. The maximum absolute atomic E-state index is 13.3. The minimum absolute atomic E-state index is 0.118. The van der Waals surface area contributed by atoms with Crippen LogP contribution in [0.4, 0.5) is 4.39 Å². The van der Waals surface area contributed by atoms with Crippen molar-refractivity contribution >= 4 is 34.2 Å². The molecule has 4 heteroatoms. The summed E-state index contributed by atoms with van der Waals surface area (Å²) in [7, 11) is 1.90. The van der Waals surface area contributed by atoms with E-state index in [0.29, 0.717) is 11.4 Å². The molecule has 0 aliphatic carbocycles. The van der Waals surface area contributed by atoms with E-state index in [-0.39, 0.29) is 11.9 Å². The summed E-state index contributed by atoms with van der Waals surface area (Å²) in [6.07, 6.45) is 0.660. The van der Waals surface area contributed by atoms with Crippen LogP contribution < -0.4 is 5.32 Å². The van der Waals surface area contributed by atoms with Gasteiger partial charge in [0.25, 0.3) is 0 Å². The lowest BCUT2D eigenvalue weighted by Crippen LogP contribution is -2.20. The number of nitrogens with one attached hydrogen (secondary N) is 1. The molecule has 2 rings (SSSR count). The summed E-state index contributed by atoms with van der Waals surface area (Å²) in [6, 6.07) is 12.8. The van der Waals surface area contributed by atoms with Gasteiger partial charge in [0.1, 0.15) is 5.82 Å². The Hall–Kier alpha value is -0.650. The second kappa shape index (κ2) is 6.68. The Morgan fingerprint density at radius 2 is 2.00 bits per heavy atom. The smallest absolute Gasteiger partial charge is 0.123 e. The van der Waals surface area contributed by atoms with Crippen LogP contribution in [-0.2, 0) is 6.42 Å². The molecular weight excluding hydrogens is 376 g/mol. The summed E-state index contributed by atoms with van der Waals surface area (Å²) in [4.78, 5) is 0. The molecule has 0 amide bonds. The zero-order valence-corrected chi connectivity index (χ0v) is 13.4. The van der Waals surface area contributed by atoms with Crippen molar-refractivity contribution in [1.82, 2.24) is 5.32 Å². The largest absolute Gasteiger partial charge is 0.313 e. The van der Waals surface area contributed by atoms with Crippen LogP contribution in [0.1, 0.15) is 17.2 Å². The van der Waals surface area contributed by atoms with Gasteiger partial charge >= 0.3 is 0 Å². The molecule has 1 unspecified atom stereocenters. The van der Waals surface area contributed by atoms with E-state index in [9.17, 15) is 4.39 Å². The number of benzene rings is 2. The highest BCUT2D eigenvalue weighted by Gasteiger charge is 2.14. The molecule has 1 N–H and O–H groups in total. The minimum atomic E-state index is -0.253. The zero-order chi connectivity index (χ0) is 13.8. The SMILES string of the molecule is CNC(Cc1cc(F)ccc1Cl)c1ccccc1I. The van der Waals surface area contributed by atoms with Gasteiger partial charge in [0.05, 0.1) is 0 Å². The summed E-state index contributed by atoms with van der Waals surface area (Å²) in [5.74, 6) is -0.253. The number of halogens is 3. The van der Waals surface area contributed by atoms with Crippen LogP contribution >= 0.6 is 34.2 Å². The lowest BCUT2D eigenvalue weighted by atomic mass is 9.99. The van der Waals surface area contributed by atoms with Crippen LogP contribution in [0, 0.1) is 9.39 Å². The number of hydrogen-bond acceptors (Lipinski definition) is 1. The highest BCUT2D eigenvalue weighted by molar-refractivity contribution is 14.1. The zero-order valence-electron chi connectivity index (χ0n) is 10.5. The Bertz CT molecular complexity index is 574. The van der Waals surface area contributed by atoms with Gasteiger partial charge in [-0.2, -0.15) is 0 Å². The van der Waals surface area contributed by atoms with Crippen LogP contribution in [0.3, 0.4) is 0 Å². The number of rotatable bonds is 4. The van der Waals surface area contributed by atoms with E-state index >= 15 is 0 Å². The Balaban J connectivity index is 2.29. The fourth-order valence-electron chi connectivity index (χ4n) is 2.04. The van der Waals surface area contributed by atoms with Crippen molar-refractivity contribution in [3.8, 4) is 0 Å². The Morgan fingerprint density at radius 3 is 2.68 bits per heavy atom. The van der Waals surface area contributed by atoms with Gasteiger partial charge in [0.2, 0.25) is 0 Å². The molecule has 0 saturated carbocycles. The molecular formula is C15H14ClFIN. The molecule has 2 aromatic rings. The van der Waals surface area contributed by atoms with E-state index in [1.807, 2.05) is 19.2 Å². The van der Waals surface area contributed by atoms with Gasteiger partial charge in [-0.15, -0.1) is 0 Å². The van der Waals surface area contributed by atoms with Gasteiger partial charge in [-0.3, -0.25) is 0 Å². The third-order valence-corrected chi connectivity index (χ3v) is 4.41. The lowest BCUT2D eigenvalue weighted by Gasteiger charge is -2.19. The first-order valence-corrected chi connectivity index (χ1v) is 7.43. The molecule has 0 saturated heterocycles. The summed E-state index contributed by atoms with van der Waals surface area (Å²) >= 11 is 8.44. The van der Waals surface area contributed by atoms with Gasteiger partial charge in [-0.05, 0) is 71.5 Å². The normalized spacial score (nSPS) is 12.4. The maximum atomic E-state index is 13.3. The maximum Gasteiger partial charge on any atom is 0.123 e. The first kappa shape index (κ1) is 14.8. The minimum Gasteiger partial charge on any atom is -0.313 e. The van der Waals surface area contributed by atoms with Gasteiger partial charge in [-0.1, -0.05) is 29.8 Å². The van der Waals surface area contributed by atoms with Crippen molar-refractivity contribution in [2.45, 2.75) is 12.5 Å². The van der Waals surface area contributed by atoms with E-state index in [4.69, 9.17) is 11.6 Å². The third kappa shape index (κ3) is 3.68. The van der Waals surface area contributed by atoms with Gasteiger partial charge in [0, 0.05) is 14.6 Å². The van der Waals surface area contributed by atoms with Crippen LogP contribution in [0.5, 0.6) is 0 Å². The van der Waals surface area contributed by atoms with Crippen LogP contribution in [0.25, 0.3) is 0 Å². The first-order valence-electron chi connectivity index (χ1n) is 5.97. The molecule has 0 heterocycles. The standard InChI is InChI=1S/C15H14ClFIN/c1-19-15(12-4-2-3-5-14(12)18)9-10-8-11(17)6-7-13(10)16/h2-8,15,19H,9H2,1H3. The molecule has 0 aliphatic heterocycles. The van der Waals surface area contributed by atoms with Crippen molar-refractivity contribution < 1.29 is 4.39 Å². The van der Waals surface area contributed by atoms with Crippen molar-refractivity contribution in [3.63, 3.8) is 0 Å². The molecule has 19 heavy (non-hydrogen) atoms. The molecule has 1 nitrogen and oxygen atoms in total. The lowest BCUT2D eigenvalue weighted by molar-refractivity contribution is 0.582. The second-order valence-corrected chi connectivity index (χ2v) is 5.87. The van der Waals surface area contributed by atoms with E-state index in [0.717, 1.165) is 5.56 Å².